The second-order valence-electron chi connectivity index (χ2n) is 10.7. The molecule has 1 saturated heterocycles. The number of rotatable bonds is 10. The minimum absolute atomic E-state index is 0.0116. The van der Waals surface area contributed by atoms with Gasteiger partial charge in [-0.1, -0.05) is 17.7 Å². The van der Waals surface area contributed by atoms with Crippen LogP contribution in [0.4, 0.5) is 5.69 Å². The molecule has 0 saturated carbocycles. The second-order valence-corrected chi connectivity index (χ2v) is 12.7. The number of amides is 1. The van der Waals surface area contributed by atoms with Crippen molar-refractivity contribution in [3.05, 3.63) is 52.5 Å². The fourth-order valence-corrected chi connectivity index (χ4v) is 5.74. The summed E-state index contributed by atoms with van der Waals surface area (Å²) in [6.07, 6.45) is 2.03. The van der Waals surface area contributed by atoms with E-state index in [1.165, 1.54) is 5.56 Å². The minimum Gasteiger partial charge on any atom is -0.497 e. The number of nitrogens with zero attached hydrogens (tertiary/aromatic N) is 2. The molecule has 1 fully saturated rings. The number of anilines is 1. The molecule has 7 nitrogen and oxygen atoms in total. The van der Waals surface area contributed by atoms with Crippen molar-refractivity contribution >= 4 is 34.2 Å². The van der Waals surface area contributed by atoms with Gasteiger partial charge in [0.15, 0.2) is 0 Å². The van der Waals surface area contributed by atoms with E-state index in [1.54, 1.807) is 24.5 Å². The molecule has 2 aromatic carbocycles. The topological polar surface area (TPSA) is 73.9 Å². The lowest BCUT2D eigenvalue weighted by Crippen LogP contribution is -2.45. The maximum Gasteiger partial charge on any atom is 0.221 e. The lowest BCUT2D eigenvalue weighted by Gasteiger charge is -2.34. The highest BCUT2D eigenvalue weighted by molar-refractivity contribution is 7.82. The summed E-state index contributed by atoms with van der Waals surface area (Å²) >= 11 is 6.62. The number of methoxy groups -OCH3 is 1. The van der Waals surface area contributed by atoms with Crippen LogP contribution in [0.1, 0.15) is 51.2 Å². The molecule has 2 aromatic rings. The van der Waals surface area contributed by atoms with Crippen molar-refractivity contribution in [2.24, 2.45) is 0 Å². The first kappa shape index (κ1) is 29.4. The van der Waals surface area contributed by atoms with Gasteiger partial charge in [0.1, 0.15) is 16.7 Å². The van der Waals surface area contributed by atoms with Crippen molar-refractivity contribution in [1.82, 2.24) is 14.9 Å². The van der Waals surface area contributed by atoms with Crippen LogP contribution in [0, 0.1) is 6.92 Å². The third-order valence-corrected chi connectivity index (χ3v) is 8.43. The van der Waals surface area contributed by atoms with Gasteiger partial charge in [-0.25, -0.2) is 8.51 Å². The molecule has 1 aliphatic rings. The molecule has 0 aromatic heterocycles. The van der Waals surface area contributed by atoms with E-state index >= 15 is 0 Å². The Morgan fingerprint density at radius 1 is 1.19 bits per heavy atom. The summed E-state index contributed by atoms with van der Waals surface area (Å²) in [5, 5.41) is 7.41. The molecule has 0 aliphatic carbocycles. The third-order valence-electron chi connectivity index (χ3n) is 6.54. The monoisotopic (exact) mass is 548 g/mol. The number of halogens is 1. The zero-order valence-corrected chi connectivity index (χ0v) is 24.5. The van der Waals surface area contributed by atoms with E-state index in [0.717, 1.165) is 59.4 Å². The Labute approximate surface area is 229 Å². The highest BCUT2D eigenvalue weighted by Gasteiger charge is 2.23. The van der Waals surface area contributed by atoms with Crippen LogP contribution in [0.15, 0.2) is 41.3 Å². The van der Waals surface area contributed by atoms with Gasteiger partial charge in [-0.3, -0.25) is 4.79 Å². The van der Waals surface area contributed by atoms with E-state index in [1.807, 2.05) is 25.1 Å². The van der Waals surface area contributed by atoms with Crippen LogP contribution < -0.4 is 20.3 Å². The summed E-state index contributed by atoms with van der Waals surface area (Å²) < 4.78 is 19.8. The molecular weight excluding hydrogens is 508 g/mol. The molecule has 37 heavy (non-hydrogen) atoms. The van der Waals surface area contributed by atoms with Crippen LogP contribution in [0.25, 0.3) is 0 Å². The third kappa shape index (κ3) is 8.70. The maximum atomic E-state index is 12.9. The van der Waals surface area contributed by atoms with Crippen molar-refractivity contribution in [3.63, 3.8) is 0 Å². The van der Waals surface area contributed by atoms with Gasteiger partial charge in [0.2, 0.25) is 5.91 Å². The number of carbonyl (C=O) groups is 1. The van der Waals surface area contributed by atoms with Crippen LogP contribution in [0.5, 0.6) is 5.75 Å². The molecule has 1 aliphatic heterocycles. The highest BCUT2D eigenvalue weighted by atomic mass is 35.5. The van der Waals surface area contributed by atoms with Crippen LogP contribution in [0.2, 0.25) is 5.02 Å². The molecule has 1 amide bonds. The summed E-state index contributed by atoms with van der Waals surface area (Å²) in [6, 6.07) is 11.9. The van der Waals surface area contributed by atoms with Crippen LogP contribution in [-0.4, -0.2) is 59.8 Å². The fraction of sp³-hybridized carbons (Fsp3) is 0.536. The molecule has 1 unspecified atom stereocenters. The number of nitrogens with one attached hydrogen (secondary N) is 2. The van der Waals surface area contributed by atoms with E-state index in [-0.39, 0.29) is 17.5 Å². The summed E-state index contributed by atoms with van der Waals surface area (Å²) in [5.74, 6) is 0.724. The average Bonchev–Trinajstić information content (AvgIpc) is 2.85. The molecule has 0 spiro atoms. The maximum absolute atomic E-state index is 12.9. The first-order valence-electron chi connectivity index (χ1n) is 12.8. The van der Waals surface area contributed by atoms with Gasteiger partial charge in [0.25, 0.3) is 0 Å². The number of ether oxygens (including phenoxy) is 1. The number of aryl methyl sites for hydroxylation is 1. The second kappa shape index (κ2) is 13.1. The van der Waals surface area contributed by atoms with Gasteiger partial charge in [-0.2, -0.15) is 0 Å². The number of hydrogen-bond acceptors (Lipinski definition) is 5. The fourth-order valence-electron chi connectivity index (χ4n) is 4.30. The van der Waals surface area contributed by atoms with Crippen molar-refractivity contribution in [2.75, 3.05) is 38.7 Å². The lowest BCUT2D eigenvalue weighted by molar-refractivity contribution is -0.122. The molecule has 1 atom stereocenters. The summed E-state index contributed by atoms with van der Waals surface area (Å²) in [5.41, 5.74) is 3.17. The van der Waals surface area contributed by atoms with Gasteiger partial charge in [0, 0.05) is 51.2 Å². The Hall–Kier alpha value is -2.13. The van der Waals surface area contributed by atoms with E-state index < -0.39 is 11.0 Å². The minimum atomic E-state index is -1.33. The van der Waals surface area contributed by atoms with Gasteiger partial charge in [0.05, 0.1) is 22.7 Å². The molecule has 2 N–H and O–H groups in total. The number of carbonyl (C=O) groups excluding carboxylic acids is 1. The normalized spacial score (nSPS) is 15.6. The Balaban J connectivity index is 1.44. The standard InChI is InChI=1S/C28H41ClN4O3S/c1-20-17-23(36-6)8-10-26(20)37(35)32(5)14-13-27(34)31-22-11-15-33(16-12-22)25-9-7-21(18-24(25)29)19-30-28(2,3)4/h7-10,17-18,22,30H,11-16,19H2,1-6H3,(H,31,34). The lowest BCUT2D eigenvalue weighted by atomic mass is 10.0. The largest absolute Gasteiger partial charge is 0.497 e. The van der Waals surface area contributed by atoms with E-state index in [9.17, 15) is 9.00 Å². The van der Waals surface area contributed by atoms with Gasteiger partial charge < -0.3 is 20.3 Å². The number of hydrogen-bond donors (Lipinski definition) is 2. The van der Waals surface area contributed by atoms with Crippen molar-refractivity contribution in [3.8, 4) is 5.75 Å². The zero-order chi connectivity index (χ0) is 27.2. The van der Waals surface area contributed by atoms with Crippen molar-refractivity contribution < 1.29 is 13.7 Å². The van der Waals surface area contributed by atoms with Gasteiger partial charge >= 0.3 is 0 Å². The Morgan fingerprint density at radius 2 is 1.89 bits per heavy atom. The zero-order valence-electron chi connectivity index (χ0n) is 22.9. The number of piperidine rings is 1. The molecule has 3 rings (SSSR count). The highest BCUT2D eigenvalue weighted by Crippen LogP contribution is 2.29. The van der Waals surface area contributed by atoms with Crippen LogP contribution in [0.3, 0.4) is 0 Å². The molecular formula is C28H41ClN4O3S. The molecule has 9 heteroatoms. The van der Waals surface area contributed by atoms with Gasteiger partial charge in [-0.05, 0) is 82.0 Å². The van der Waals surface area contributed by atoms with E-state index in [2.05, 4.69) is 48.4 Å². The van der Waals surface area contributed by atoms with Crippen LogP contribution in [-0.2, 0) is 22.3 Å². The molecule has 1 heterocycles. The molecule has 0 radical (unpaired) electrons. The van der Waals surface area contributed by atoms with Crippen LogP contribution >= 0.6 is 11.6 Å². The molecule has 204 valence electrons. The van der Waals surface area contributed by atoms with E-state index in [4.69, 9.17) is 16.3 Å². The first-order chi connectivity index (χ1) is 17.5. The average molecular weight is 549 g/mol. The summed E-state index contributed by atoms with van der Waals surface area (Å²) in [7, 11) is 2.05. The van der Waals surface area contributed by atoms with Crippen molar-refractivity contribution in [1.29, 1.82) is 0 Å². The van der Waals surface area contributed by atoms with Gasteiger partial charge in [-0.15, -0.1) is 0 Å². The molecule has 0 bridgehead atoms. The SMILES string of the molecule is COc1ccc(S(=O)N(C)CCC(=O)NC2CCN(c3ccc(CNC(C)(C)C)cc3Cl)CC2)c(C)c1. The smallest absolute Gasteiger partial charge is 0.221 e. The Morgan fingerprint density at radius 3 is 2.49 bits per heavy atom. The summed E-state index contributed by atoms with van der Waals surface area (Å²) in [6.45, 7) is 11.2. The predicted molar refractivity (Wildman–Crippen MR) is 153 cm³/mol. The first-order valence-corrected chi connectivity index (χ1v) is 14.3. The quantitative estimate of drug-likeness (QED) is 0.451. The Bertz CT molecular complexity index is 1100. The predicted octanol–water partition coefficient (Wildman–Crippen LogP) is 4.67. The number of benzene rings is 2. The Kier molecular flexibility index (Phi) is 10.4. The van der Waals surface area contributed by atoms with Crippen molar-refractivity contribution in [2.45, 2.75) is 70.0 Å². The van der Waals surface area contributed by atoms with E-state index in [0.29, 0.717) is 13.0 Å². The summed E-state index contributed by atoms with van der Waals surface area (Å²) in [4.78, 5) is 15.6.